The molecule has 1 aliphatic heterocycles. The molecule has 0 amide bonds. The van der Waals surface area contributed by atoms with Crippen molar-refractivity contribution in [2.75, 3.05) is 6.61 Å². The number of hydrogen-bond donors (Lipinski definition) is 4. The van der Waals surface area contributed by atoms with Crippen molar-refractivity contribution in [2.24, 2.45) is 0 Å². The van der Waals surface area contributed by atoms with Gasteiger partial charge in [-0.3, -0.25) is 0 Å². The fraction of sp³-hybridized carbons (Fsp3) is 0.538. The number of benzene rings is 1. The van der Waals surface area contributed by atoms with Crippen LogP contribution in [-0.2, 0) is 4.74 Å². The molecule has 2 rings (SSSR count). The zero-order chi connectivity index (χ0) is 14.0. The van der Waals surface area contributed by atoms with Gasteiger partial charge in [0, 0.05) is 4.90 Å². The van der Waals surface area contributed by atoms with Crippen LogP contribution in [0, 0.1) is 6.92 Å². The molecule has 5 atom stereocenters. The third kappa shape index (κ3) is 3.28. The van der Waals surface area contributed by atoms with E-state index < -0.39 is 36.5 Å². The molecule has 1 heterocycles. The summed E-state index contributed by atoms with van der Waals surface area (Å²) in [5.74, 6) is 0. The molecule has 19 heavy (non-hydrogen) atoms. The summed E-state index contributed by atoms with van der Waals surface area (Å²) in [6.07, 6.45) is -4.70. The van der Waals surface area contributed by atoms with Crippen molar-refractivity contribution in [1.29, 1.82) is 0 Å². The van der Waals surface area contributed by atoms with Gasteiger partial charge in [0.1, 0.15) is 29.9 Å². The van der Waals surface area contributed by atoms with Crippen LogP contribution in [0.4, 0.5) is 0 Å². The number of thioether (sulfide) groups is 1. The molecule has 0 aliphatic carbocycles. The van der Waals surface area contributed by atoms with Gasteiger partial charge in [-0.05, 0) is 19.1 Å². The Labute approximate surface area is 115 Å². The highest BCUT2D eigenvalue weighted by Crippen LogP contribution is 2.33. The van der Waals surface area contributed by atoms with E-state index in [1.807, 2.05) is 31.2 Å². The first-order valence-electron chi connectivity index (χ1n) is 6.07. The quantitative estimate of drug-likeness (QED) is 0.620. The molecule has 6 heteroatoms. The number of aliphatic hydroxyl groups excluding tert-OH is 4. The largest absolute Gasteiger partial charge is 0.394 e. The molecule has 0 saturated carbocycles. The van der Waals surface area contributed by atoms with E-state index in [4.69, 9.17) is 9.84 Å². The van der Waals surface area contributed by atoms with Gasteiger partial charge in [-0.25, -0.2) is 0 Å². The summed E-state index contributed by atoms with van der Waals surface area (Å²) in [5.41, 5.74) is 0.399. The molecule has 1 saturated heterocycles. The first kappa shape index (κ1) is 14.8. The summed E-state index contributed by atoms with van der Waals surface area (Å²) in [7, 11) is 0. The van der Waals surface area contributed by atoms with Gasteiger partial charge >= 0.3 is 0 Å². The van der Waals surface area contributed by atoms with Crippen molar-refractivity contribution in [3.63, 3.8) is 0 Å². The lowest BCUT2D eigenvalue weighted by molar-refractivity contribution is -0.205. The molecular weight excluding hydrogens is 268 g/mol. The SMILES string of the molecule is Cc1ccc(S[C@@H]2O[C@H](CO)[C@H](O)[C@H](O)[C@@H]2O)cc1. The number of ether oxygens (including phenoxy) is 1. The van der Waals surface area contributed by atoms with E-state index in [1.165, 1.54) is 11.8 Å². The summed E-state index contributed by atoms with van der Waals surface area (Å²) in [6.45, 7) is 1.57. The second-order valence-corrected chi connectivity index (χ2v) is 5.80. The molecule has 0 bridgehead atoms. The van der Waals surface area contributed by atoms with E-state index in [2.05, 4.69) is 0 Å². The Morgan fingerprint density at radius 2 is 1.68 bits per heavy atom. The predicted molar refractivity (Wildman–Crippen MR) is 70.8 cm³/mol. The Balaban J connectivity index is 2.08. The highest BCUT2D eigenvalue weighted by atomic mass is 32.2. The van der Waals surface area contributed by atoms with Crippen LogP contribution in [-0.4, -0.2) is 56.9 Å². The fourth-order valence-electron chi connectivity index (χ4n) is 1.92. The molecule has 1 fully saturated rings. The Morgan fingerprint density at radius 3 is 2.26 bits per heavy atom. The maximum absolute atomic E-state index is 9.90. The standard InChI is InChI=1S/C13H18O5S/c1-7-2-4-8(5-3-7)19-13-12(17)11(16)10(15)9(6-14)18-13/h2-5,9-17H,6H2,1H3/t9-,10+,11+,12+,13+/m1/s1. The lowest BCUT2D eigenvalue weighted by Crippen LogP contribution is -2.57. The highest BCUT2D eigenvalue weighted by Gasteiger charge is 2.43. The Hall–Kier alpha value is -0.630. The third-order valence-electron chi connectivity index (χ3n) is 3.12. The minimum atomic E-state index is -1.33. The molecule has 4 N–H and O–H groups in total. The maximum Gasteiger partial charge on any atom is 0.136 e. The van der Waals surface area contributed by atoms with Crippen LogP contribution in [0.5, 0.6) is 0 Å². The minimum absolute atomic E-state index is 0.407. The van der Waals surface area contributed by atoms with Crippen LogP contribution in [0.1, 0.15) is 5.56 Å². The molecule has 0 spiro atoms. The van der Waals surface area contributed by atoms with Gasteiger partial charge in [-0.1, -0.05) is 29.5 Å². The Kier molecular flexibility index (Phi) is 4.83. The van der Waals surface area contributed by atoms with Gasteiger partial charge in [0.15, 0.2) is 0 Å². The van der Waals surface area contributed by atoms with Crippen molar-refractivity contribution in [1.82, 2.24) is 0 Å². The number of hydrogen-bond acceptors (Lipinski definition) is 6. The fourth-order valence-corrected chi connectivity index (χ4v) is 2.98. The molecule has 0 radical (unpaired) electrons. The van der Waals surface area contributed by atoms with Gasteiger partial charge in [0.2, 0.25) is 0 Å². The normalized spacial score (nSPS) is 35.3. The van der Waals surface area contributed by atoms with E-state index in [1.54, 1.807) is 0 Å². The van der Waals surface area contributed by atoms with Crippen molar-refractivity contribution in [2.45, 2.75) is 41.7 Å². The molecule has 1 aromatic carbocycles. The van der Waals surface area contributed by atoms with Crippen LogP contribution >= 0.6 is 11.8 Å². The number of aliphatic hydroxyl groups is 4. The van der Waals surface area contributed by atoms with Crippen LogP contribution in [0.2, 0.25) is 0 Å². The molecule has 0 aromatic heterocycles. The van der Waals surface area contributed by atoms with E-state index in [0.29, 0.717) is 0 Å². The Morgan fingerprint density at radius 1 is 1.05 bits per heavy atom. The van der Waals surface area contributed by atoms with Gasteiger partial charge in [0.05, 0.1) is 6.61 Å². The maximum atomic E-state index is 9.90. The summed E-state index contributed by atoms with van der Waals surface area (Å²) in [4.78, 5) is 0.884. The van der Waals surface area contributed by atoms with Crippen molar-refractivity contribution in [3.05, 3.63) is 29.8 Å². The molecule has 1 aromatic rings. The lowest BCUT2D eigenvalue weighted by Gasteiger charge is -2.39. The van der Waals surface area contributed by atoms with Gasteiger partial charge in [-0.15, -0.1) is 0 Å². The zero-order valence-corrected chi connectivity index (χ0v) is 11.3. The topological polar surface area (TPSA) is 90.2 Å². The smallest absolute Gasteiger partial charge is 0.136 e. The summed E-state index contributed by atoms with van der Waals surface area (Å²) in [6, 6.07) is 7.65. The number of aryl methyl sites for hydroxylation is 1. The zero-order valence-electron chi connectivity index (χ0n) is 10.5. The van der Waals surface area contributed by atoms with Crippen LogP contribution < -0.4 is 0 Å². The highest BCUT2D eigenvalue weighted by molar-refractivity contribution is 7.99. The van der Waals surface area contributed by atoms with Crippen molar-refractivity contribution < 1.29 is 25.2 Å². The van der Waals surface area contributed by atoms with Gasteiger partial charge in [0.25, 0.3) is 0 Å². The summed E-state index contributed by atoms with van der Waals surface area (Å²) >= 11 is 1.25. The predicted octanol–water partition coefficient (Wildman–Crippen LogP) is -0.113. The van der Waals surface area contributed by atoms with Crippen molar-refractivity contribution >= 4 is 11.8 Å². The second-order valence-electron chi connectivity index (χ2n) is 4.63. The molecule has 106 valence electrons. The van der Waals surface area contributed by atoms with E-state index in [-0.39, 0.29) is 0 Å². The van der Waals surface area contributed by atoms with Crippen LogP contribution in [0.15, 0.2) is 29.2 Å². The van der Waals surface area contributed by atoms with Crippen LogP contribution in [0.25, 0.3) is 0 Å². The average Bonchev–Trinajstić information content (AvgIpc) is 2.42. The first-order chi connectivity index (χ1) is 9.02. The van der Waals surface area contributed by atoms with Gasteiger partial charge < -0.3 is 25.2 Å². The lowest BCUT2D eigenvalue weighted by atomic mass is 10.0. The second kappa shape index (κ2) is 6.21. The van der Waals surface area contributed by atoms with Crippen LogP contribution in [0.3, 0.4) is 0 Å². The molecular formula is C13H18O5S. The van der Waals surface area contributed by atoms with Crippen molar-refractivity contribution in [3.8, 4) is 0 Å². The molecule has 0 unspecified atom stereocenters. The summed E-state index contributed by atoms with van der Waals surface area (Å²) in [5, 5.41) is 38.4. The molecule has 5 nitrogen and oxygen atoms in total. The average molecular weight is 286 g/mol. The first-order valence-corrected chi connectivity index (χ1v) is 6.94. The van der Waals surface area contributed by atoms with Gasteiger partial charge in [-0.2, -0.15) is 0 Å². The minimum Gasteiger partial charge on any atom is -0.394 e. The monoisotopic (exact) mass is 286 g/mol. The van der Waals surface area contributed by atoms with E-state index >= 15 is 0 Å². The van der Waals surface area contributed by atoms with E-state index in [0.717, 1.165) is 10.5 Å². The molecule has 1 aliphatic rings. The number of rotatable bonds is 3. The third-order valence-corrected chi connectivity index (χ3v) is 4.29. The summed E-state index contributed by atoms with van der Waals surface area (Å²) < 4.78 is 5.42. The Bertz CT molecular complexity index is 408. The van der Waals surface area contributed by atoms with E-state index in [9.17, 15) is 15.3 Å².